The van der Waals surface area contributed by atoms with Crippen molar-refractivity contribution in [1.29, 1.82) is 0 Å². The van der Waals surface area contributed by atoms with Gasteiger partial charge in [-0.3, -0.25) is 19.0 Å². The van der Waals surface area contributed by atoms with Gasteiger partial charge in [0.05, 0.1) is 24.1 Å². The van der Waals surface area contributed by atoms with Gasteiger partial charge in [-0.25, -0.2) is 4.79 Å². The quantitative estimate of drug-likeness (QED) is 0.652. The fraction of sp³-hybridized carbons (Fsp3) is 0.440. The Morgan fingerprint density at radius 3 is 2.42 bits per heavy atom. The fourth-order valence-corrected chi connectivity index (χ4v) is 4.65. The largest absolute Gasteiger partial charge is 0.493 e. The first kappa shape index (κ1) is 20.1. The molecule has 6 nitrogen and oxygen atoms in total. The lowest BCUT2D eigenvalue weighted by Crippen LogP contribution is -2.30. The average molecular weight is 419 g/mol. The van der Waals surface area contributed by atoms with Crippen molar-refractivity contribution in [3.63, 3.8) is 0 Å². The van der Waals surface area contributed by atoms with E-state index in [4.69, 9.17) is 4.98 Å². The highest BCUT2D eigenvalue weighted by Crippen LogP contribution is 2.33. The summed E-state index contributed by atoms with van der Waals surface area (Å²) in [5.74, 6) is 0.0704. The number of aromatic nitrogens is 3. The number of hydrogen-bond acceptors (Lipinski definition) is 4. The Morgan fingerprint density at radius 1 is 0.935 bits per heavy atom. The lowest BCUT2D eigenvalue weighted by atomic mass is 9.93. The maximum absolute atomic E-state index is 12.7. The Bertz CT molecular complexity index is 1090. The van der Waals surface area contributed by atoms with Gasteiger partial charge in [-0.2, -0.15) is 0 Å². The SMILES string of the molecule is O=c1n(Cc2ccc(-c3cccc(CN4CCCCC4)n3)cc2)cc(O)n1C1CCC1. The lowest BCUT2D eigenvalue weighted by molar-refractivity contribution is 0.218. The molecule has 3 aromatic rings. The Balaban J connectivity index is 1.29. The predicted molar refractivity (Wildman–Crippen MR) is 121 cm³/mol. The molecule has 0 radical (unpaired) electrons. The van der Waals surface area contributed by atoms with Crippen molar-refractivity contribution in [1.82, 2.24) is 19.0 Å². The van der Waals surface area contributed by atoms with Gasteiger partial charge < -0.3 is 5.11 Å². The summed E-state index contributed by atoms with van der Waals surface area (Å²) in [4.78, 5) is 20.0. The van der Waals surface area contributed by atoms with Crippen molar-refractivity contribution in [3.8, 4) is 17.1 Å². The van der Waals surface area contributed by atoms with E-state index >= 15 is 0 Å². The highest BCUT2D eigenvalue weighted by atomic mass is 16.3. The molecule has 162 valence electrons. The molecule has 0 atom stereocenters. The smallest absolute Gasteiger partial charge is 0.331 e. The number of imidazole rings is 1. The average Bonchev–Trinajstić information content (AvgIpc) is 3.02. The van der Waals surface area contributed by atoms with Gasteiger partial charge >= 0.3 is 5.69 Å². The number of piperidine rings is 1. The van der Waals surface area contributed by atoms with E-state index in [0.29, 0.717) is 6.54 Å². The Morgan fingerprint density at radius 2 is 1.71 bits per heavy atom. The van der Waals surface area contributed by atoms with Crippen molar-refractivity contribution in [3.05, 3.63) is 70.4 Å². The molecule has 3 heterocycles. The van der Waals surface area contributed by atoms with Gasteiger partial charge in [0.2, 0.25) is 5.88 Å². The van der Waals surface area contributed by atoms with E-state index in [9.17, 15) is 9.90 Å². The van der Waals surface area contributed by atoms with E-state index in [0.717, 1.165) is 61.4 Å². The predicted octanol–water partition coefficient (Wildman–Crippen LogP) is 4.18. The summed E-state index contributed by atoms with van der Waals surface area (Å²) in [5, 5.41) is 10.2. The molecule has 1 N–H and O–H groups in total. The monoisotopic (exact) mass is 418 g/mol. The zero-order chi connectivity index (χ0) is 21.2. The van der Waals surface area contributed by atoms with Crippen molar-refractivity contribution in [2.45, 2.75) is 57.7 Å². The summed E-state index contributed by atoms with van der Waals surface area (Å²) >= 11 is 0. The van der Waals surface area contributed by atoms with Crippen molar-refractivity contribution in [2.75, 3.05) is 13.1 Å². The molecular weight excluding hydrogens is 388 g/mol. The summed E-state index contributed by atoms with van der Waals surface area (Å²) in [6.07, 6.45) is 8.52. The van der Waals surface area contributed by atoms with Gasteiger partial charge in [-0.15, -0.1) is 0 Å². The van der Waals surface area contributed by atoms with E-state index < -0.39 is 0 Å². The Labute approximate surface area is 182 Å². The van der Waals surface area contributed by atoms with Gasteiger partial charge in [-0.1, -0.05) is 36.8 Å². The number of benzene rings is 1. The molecule has 5 rings (SSSR count). The van der Waals surface area contributed by atoms with Crippen LogP contribution in [0.5, 0.6) is 5.88 Å². The van der Waals surface area contributed by atoms with Gasteiger partial charge in [0.25, 0.3) is 0 Å². The summed E-state index contributed by atoms with van der Waals surface area (Å²) in [6, 6.07) is 14.6. The molecule has 1 aromatic carbocycles. The summed E-state index contributed by atoms with van der Waals surface area (Å²) in [5.41, 5.74) is 4.07. The van der Waals surface area contributed by atoms with Gasteiger partial charge in [0.1, 0.15) is 0 Å². The third-order valence-corrected chi connectivity index (χ3v) is 6.65. The molecule has 0 bridgehead atoms. The highest BCUT2D eigenvalue weighted by molar-refractivity contribution is 5.59. The summed E-state index contributed by atoms with van der Waals surface area (Å²) in [7, 11) is 0. The first-order chi connectivity index (χ1) is 15.2. The second kappa shape index (κ2) is 8.71. The fourth-order valence-electron chi connectivity index (χ4n) is 4.65. The minimum absolute atomic E-state index is 0.0704. The number of rotatable bonds is 6. The second-order valence-electron chi connectivity index (χ2n) is 8.90. The van der Waals surface area contributed by atoms with Crippen LogP contribution in [0.15, 0.2) is 53.5 Å². The van der Waals surface area contributed by atoms with Gasteiger partial charge in [-0.05, 0) is 62.9 Å². The molecule has 31 heavy (non-hydrogen) atoms. The van der Waals surface area contributed by atoms with Crippen LogP contribution in [0.25, 0.3) is 11.3 Å². The summed E-state index contributed by atoms with van der Waals surface area (Å²) < 4.78 is 3.13. The zero-order valence-corrected chi connectivity index (χ0v) is 17.9. The van der Waals surface area contributed by atoms with Crippen LogP contribution in [0.3, 0.4) is 0 Å². The first-order valence-electron chi connectivity index (χ1n) is 11.5. The minimum atomic E-state index is -0.127. The Kier molecular flexibility index (Phi) is 5.64. The van der Waals surface area contributed by atoms with Gasteiger partial charge in [0.15, 0.2) is 0 Å². The summed E-state index contributed by atoms with van der Waals surface area (Å²) in [6.45, 7) is 3.70. The number of likely N-dealkylation sites (tertiary alicyclic amines) is 1. The molecular formula is C25H30N4O2. The van der Waals surface area contributed by atoms with E-state index in [-0.39, 0.29) is 17.6 Å². The molecule has 1 aliphatic heterocycles. The van der Waals surface area contributed by atoms with Crippen molar-refractivity contribution < 1.29 is 5.11 Å². The van der Waals surface area contributed by atoms with Crippen LogP contribution in [0.4, 0.5) is 0 Å². The Hall–Kier alpha value is -2.86. The van der Waals surface area contributed by atoms with E-state index in [1.165, 1.54) is 23.8 Å². The van der Waals surface area contributed by atoms with Crippen LogP contribution < -0.4 is 5.69 Å². The molecule has 0 unspecified atom stereocenters. The maximum atomic E-state index is 12.7. The van der Waals surface area contributed by atoms with Crippen LogP contribution in [-0.4, -0.2) is 37.2 Å². The van der Waals surface area contributed by atoms with Crippen LogP contribution in [0, 0.1) is 0 Å². The maximum Gasteiger partial charge on any atom is 0.331 e. The van der Waals surface area contributed by atoms with Crippen LogP contribution in [0.1, 0.15) is 55.8 Å². The third-order valence-electron chi connectivity index (χ3n) is 6.65. The molecule has 2 aromatic heterocycles. The molecule has 1 saturated heterocycles. The van der Waals surface area contributed by atoms with Crippen molar-refractivity contribution >= 4 is 0 Å². The molecule has 1 aliphatic carbocycles. The number of pyridine rings is 1. The van der Waals surface area contributed by atoms with Crippen molar-refractivity contribution in [2.24, 2.45) is 0 Å². The number of nitrogens with zero attached hydrogens (tertiary/aromatic N) is 4. The molecule has 1 saturated carbocycles. The molecule has 2 aliphatic rings. The van der Waals surface area contributed by atoms with Crippen LogP contribution in [-0.2, 0) is 13.1 Å². The number of hydrogen-bond donors (Lipinski definition) is 1. The van der Waals surface area contributed by atoms with E-state index in [1.54, 1.807) is 10.8 Å². The van der Waals surface area contributed by atoms with E-state index in [1.807, 2.05) is 12.1 Å². The molecule has 0 amide bonds. The van der Waals surface area contributed by atoms with Crippen LogP contribution >= 0.6 is 0 Å². The van der Waals surface area contributed by atoms with E-state index in [2.05, 4.69) is 35.2 Å². The van der Waals surface area contributed by atoms with Gasteiger partial charge in [0, 0.05) is 18.2 Å². The topological polar surface area (TPSA) is 63.3 Å². The van der Waals surface area contributed by atoms with Crippen LogP contribution in [0.2, 0.25) is 0 Å². The first-order valence-corrected chi connectivity index (χ1v) is 11.5. The lowest BCUT2D eigenvalue weighted by Gasteiger charge is -2.26. The minimum Gasteiger partial charge on any atom is -0.493 e. The zero-order valence-electron chi connectivity index (χ0n) is 17.9. The second-order valence-corrected chi connectivity index (χ2v) is 8.90. The molecule has 0 spiro atoms. The molecule has 2 fully saturated rings. The molecule has 6 heteroatoms. The normalized spacial score (nSPS) is 17.5. The third kappa shape index (κ3) is 4.30. The standard InChI is InChI=1S/C25H30N4O2/c30-24-18-28(25(31)29(24)22-7-5-8-22)16-19-10-12-20(13-11-19)23-9-4-6-21(26-23)17-27-14-2-1-3-15-27/h4,6,9-13,18,22,30H,1-3,5,7-8,14-17H2. The number of aromatic hydroxyl groups is 1. The highest BCUT2D eigenvalue weighted by Gasteiger charge is 2.25.